The number of hydrogen-bond donors (Lipinski definition) is 2. The first-order chi connectivity index (χ1) is 11.2. The van der Waals surface area contributed by atoms with Crippen molar-refractivity contribution in [3.8, 4) is 0 Å². The van der Waals surface area contributed by atoms with Crippen LogP contribution in [0, 0.1) is 6.92 Å². The number of carbonyl (C=O) groups is 2. The Morgan fingerprint density at radius 3 is 2.75 bits per heavy atom. The molecule has 9 heteroatoms. The summed E-state index contributed by atoms with van der Waals surface area (Å²) in [4.78, 5) is 25.3. The number of carboxylic acids is 1. The number of aliphatic carboxylic acids is 1. The van der Waals surface area contributed by atoms with E-state index < -0.39 is 16.0 Å². The largest absolute Gasteiger partial charge is 0.481 e. The van der Waals surface area contributed by atoms with Crippen molar-refractivity contribution < 1.29 is 23.1 Å². The van der Waals surface area contributed by atoms with Gasteiger partial charge in [0.05, 0.1) is 24.4 Å². The van der Waals surface area contributed by atoms with Crippen molar-refractivity contribution in [1.29, 1.82) is 0 Å². The van der Waals surface area contributed by atoms with E-state index in [1.54, 1.807) is 35.7 Å². The molecule has 24 heavy (non-hydrogen) atoms. The zero-order valence-electron chi connectivity index (χ0n) is 13.5. The summed E-state index contributed by atoms with van der Waals surface area (Å²) in [6, 6.07) is 4.44. The highest BCUT2D eigenvalue weighted by atomic mass is 32.2. The number of amides is 1. The lowest BCUT2D eigenvalue weighted by molar-refractivity contribution is -0.138. The summed E-state index contributed by atoms with van der Waals surface area (Å²) in [7, 11) is -3.45. The maximum atomic E-state index is 12.8. The molecule has 132 valence electrons. The topological polar surface area (TPSA) is 104 Å². The van der Waals surface area contributed by atoms with Crippen LogP contribution in [0.2, 0.25) is 0 Å². The van der Waals surface area contributed by atoms with Gasteiger partial charge in [-0.05, 0) is 24.6 Å². The van der Waals surface area contributed by atoms with E-state index in [4.69, 9.17) is 5.11 Å². The number of sulfonamides is 1. The first kappa shape index (κ1) is 18.6. The molecule has 1 amide bonds. The minimum Gasteiger partial charge on any atom is -0.481 e. The van der Waals surface area contributed by atoms with Crippen molar-refractivity contribution in [2.75, 3.05) is 29.0 Å². The van der Waals surface area contributed by atoms with Gasteiger partial charge >= 0.3 is 5.97 Å². The lowest BCUT2D eigenvalue weighted by Crippen LogP contribution is -2.47. The Hall–Kier alpha value is -1.74. The van der Waals surface area contributed by atoms with Crippen LogP contribution in [0.5, 0.6) is 0 Å². The van der Waals surface area contributed by atoms with Gasteiger partial charge in [0, 0.05) is 23.6 Å². The van der Waals surface area contributed by atoms with Crippen LogP contribution < -0.4 is 4.72 Å². The summed E-state index contributed by atoms with van der Waals surface area (Å²) in [5.74, 6) is 0.113. The second kappa shape index (κ2) is 7.43. The smallest absolute Gasteiger partial charge is 0.305 e. The fourth-order valence-corrected chi connectivity index (χ4v) is 4.21. The summed E-state index contributed by atoms with van der Waals surface area (Å²) in [6.07, 6.45) is 0.949. The van der Waals surface area contributed by atoms with Crippen LogP contribution in [-0.2, 0) is 14.8 Å². The van der Waals surface area contributed by atoms with Crippen LogP contribution >= 0.6 is 11.8 Å². The lowest BCUT2D eigenvalue weighted by atomic mass is 10.1. The molecule has 7 nitrogen and oxygen atoms in total. The fourth-order valence-electron chi connectivity index (χ4n) is 2.52. The molecule has 1 aromatic rings. The zero-order valence-corrected chi connectivity index (χ0v) is 15.1. The van der Waals surface area contributed by atoms with Gasteiger partial charge in [0.1, 0.15) is 0 Å². The van der Waals surface area contributed by atoms with Crippen LogP contribution in [0.1, 0.15) is 22.3 Å². The third-order valence-electron chi connectivity index (χ3n) is 3.68. The predicted molar refractivity (Wildman–Crippen MR) is 94.0 cm³/mol. The van der Waals surface area contributed by atoms with E-state index in [1.807, 2.05) is 0 Å². The molecule has 1 heterocycles. The molecule has 0 bridgehead atoms. The molecule has 1 unspecified atom stereocenters. The Morgan fingerprint density at radius 1 is 1.42 bits per heavy atom. The molecule has 0 aliphatic carbocycles. The Morgan fingerprint density at radius 2 is 2.12 bits per heavy atom. The predicted octanol–water partition coefficient (Wildman–Crippen LogP) is 1.40. The van der Waals surface area contributed by atoms with Crippen LogP contribution in [0.25, 0.3) is 0 Å². The molecule has 0 spiro atoms. The van der Waals surface area contributed by atoms with Gasteiger partial charge in [-0.25, -0.2) is 8.42 Å². The summed E-state index contributed by atoms with van der Waals surface area (Å²) >= 11 is 1.63. The van der Waals surface area contributed by atoms with E-state index in [0.29, 0.717) is 29.1 Å². The highest BCUT2D eigenvalue weighted by Crippen LogP contribution is 2.24. The number of anilines is 1. The van der Waals surface area contributed by atoms with Gasteiger partial charge < -0.3 is 10.0 Å². The van der Waals surface area contributed by atoms with Gasteiger partial charge in [-0.2, -0.15) is 11.8 Å². The first-order valence-electron chi connectivity index (χ1n) is 7.36. The Labute approximate surface area is 145 Å². The van der Waals surface area contributed by atoms with Gasteiger partial charge in [0.25, 0.3) is 5.91 Å². The van der Waals surface area contributed by atoms with Crippen molar-refractivity contribution in [3.63, 3.8) is 0 Å². The van der Waals surface area contributed by atoms with E-state index in [-0.39, 0.29) is 18.4 Å². The van der Waals surface area contributed by atoms with Crippen LogP contribution in [0.15, 0.2) is 18.2 Å². The van der Waals surface area contributed by atoms with Crippen molar-refractivity contribution in [1.82, 2.24) is 4.90 Å². The number of nitrogens with zero attached hydrogens (tertiary/aromatic N) is 1. The number of aryl methyl sites for hydroxylation is 1. The van der Waals surface area contributed by atoms with Gasteiger partial charge in [0.2, 0.25) is 10.0 Å². The normalized spacial score (nSPS) is 18.2. The van der Waals surface area contributed by atoms with Crippen molar-refractivity contribution in [2.24, 2.45) is 0 Å². The molecular formula is C15H20N2O5S2. The Bertz CT molecular complexity index is 748. The minimum absolute atomic E-state index is 0.0982. The summed E-state index contributed by atoms with van der Waals surface area (Å²) in [6.45, 7) is 2.22. The van der Waals surface area contributed by atoms with Crippen LogP contribution in [0.3, 0.4) is 0 Å². The SMILES string of the molecule is Cc1ccc(C(=O)N2CCSCC2CC(=O)O)cc1NS(C)(=O)=O. The van der Waals surface area contributed by atoms with Crippen LogP contribution in [-0.4, -0.2) is 60.6 Å². The average molecular weight is 372 g/mol. The lowest BCUT2D eigenvalue weighted by Gasteiger charge is -2.34. The minimum atomic E-state index is -3.45. The number of rotatable bonds is 5. The maximum Gasteiger partial charge on any atom is 0.305 e. The van der Waals surface area contributed by atoms with Crippen LogP contribution in [0.4, 0.5) is 5.69 Å². The maximum absolute atomic E-state index is 12.8. The molecule has 1 aliphatic rings. The van der Waals surface area contributed by atoms with Gasteiger partial charge in [-0.3, -0.25) is 14.3 Å². The van der Waals surface area contributed by atoms with Crippen molar-refractivity contribution in [3.05, 3.63) is 29.3 Å². The second-order valence-corrected chi connectivity index (χ2v) is 8.63. The molecule has 2 rings (SSSR count). The van der Waals surface area contributed by atoms with Gasteiger partial charge in [-0.1, -0.05) is 6.07 Å². The average Bonchev–Trinajstić information content (AvgIpc) is 2.47. The Balaban J connectivity index is 2.27. The van der Waals surface area contributed by atoms with E-state index in [1.165, 1.54) is 6.07 Å². The summed E-state index contributed by atoms with van der Waals surface area (Å²) in [5, 5.41) is 9.02. The number of benzene rings is 1. The standard InChI is InChI=1S/C15H20N2O5S2/c1-10-3-4-11(7-13(10)16-24(2,21)22)15(20)17-5-6-23-9-12(17)8-14(18)19/h3-4,7,12,16H,5-6,8-9H2,1-2H3,(H,18,19). The molecule has 1 aromatic carbocycles. The fraction of sp³-hybridized carbons (Fsp3) is 0.467. The van der Waals surface area contributed by atoms with Gasteiger partial charge in [-0.15, -0.1) is 0 Å². The molecule has 1 fully saturated rings. The number of carboxylic acid groups (broad SMARTS) is 1. The molecule has 0 aromatic heterocycles. The summed E-state index contributed by atoms with van der Waals surface area (Å²) in [5.41, 5.74) is 1.40. The molecule has 1 aliphatic heterocycles. The number of nitrogens with one attached hydrogen (secondary N) is 1. The monoisotopic (exact) mass is 372 g/mol. The van der Waals surface area contributed by atoms with E-state index >= 15 is 0 Å². The summed E-state index contributed by atoms with van der Waals surface area (Å²) < 4.78 is 25.3. The number of hydrogen-bond acceptors (Lipinski definition) is 5. The van der Waals surface area contributed by atoms with Crippen molar-refractivity contribution >= 4 is 39.3 Å². The molecule has 1 saturated heterocycles. The number of carbonyl (C=O) groups excluding carboxylic acids is 1. The zero-order chi connectivity index (χ0) is 17.9. The second-order valence-electron chi connectivity index (χ2n) is 5.73. The number of thioether (sulfide) groups is 1. The molecule has 2 N–H and O–H groups in total. The molecule has 0 radical (unpaired) electrons. The van der Waals surface area contributed by atoms with E-state index in [2.05, 4.69) is 4.72 Å². The third kappa shape index (κ3) is 4.88. The van der Waals surface area contributed by atoms with Gasteiger partial charge in [0.15, 0.2) is 0 Å². The Kier molecular flexibility index (Phi) is 5.76. The third-order valence-corrected chi connectivity index (χ3v) is 5.36. The van der Waals surface area contributed by atoms with Crippen molar-refractivity contribution in [2.45, 2.75) is 19.4 Å². The van der Waals surface area contributed by atoms with E-state index in [9.17, 15) is 18.0 Å². The highest BCUT2D eigenvalue weighted by Gasteiger charge is 2.29. The first-order valence-corrected chi connectivity index (χ1v) is 10.4. The molecule has 1 atom stereocenters. The molecule has 0 saturated carbocycles. The quantitative estimate of drug-likeness (QED) is 0.810. The highest BCUT2D eigenvalue weighted by molar-refractivity contribution is 7.99. The van der Waals surface area contributed by atoms with E-state index in [0.717, 1.165) is 12.0 Å². The molecular weight excluding hydrogens is 352 g/mol.